The van der Waals surface area contributed by atoms with Crippen LogP contribution in [0.1, 0.15) is 36.7 Å². The summed E-state index contributed by atoms with van der Waals surface area (Å²) in [4.78, 5) is 4.47. The molecule has 0 spiro atoms. The minimum atomic E-state index is -0.144. The van der Waals surface area contributed by atoms with E-state index in [0.29, 0.717) is 17.3 Å². The van der Waals surface area contributed by atoms with Crippen LogP contribution in [0.3, 0.4) is 0 Å². The fraction of sp³-hybridized carbons (Fsp3) is 0.400. The molecule has 7 heteroatoms. The Kier molecular flexibility index (Phi) is 3.94. The standard InChI is InChI=1S/C15H18IN5O/c1-8(2)13-9(3)21(18-14(13)16)12-5-10-6-20(4)19-15(10)17-11(12)7-22/h5-6,8,22H,7H2,1-4H3. The van der Waals surface area contributed by atoms with E-state index in [1.165, 1.54) is 5.56 Å². The van der Waals surface area contributed by atoms with E-state index in [4.69, 9.17) is 0 Å². The van der Waals surface area contributed by atoms with Crippen molar-refractivity contribution in [3.8, 4) is 5.69 Å². The summed E-state index contributed by atoms with van der Waals surface area (Å²) in [5, 5.41) is 19.6. The zero-order valence-corrected chi connectivity index (χ0v) is 15.2. The Hall–Kier alpha value is -1.48. The molecule has 0 saturated heterocycles. The number of halogens is 1. The third-order valence-electron chi connectivity index (χ3n) is 3.74. The molecule has 3 aromatic heterocycles. The number of hydrogen-bond acceptors (Lipinski definition) is 4. The summed E-state index contributed by atoms with van der Waals surface area (Å²) in [5.74, 6) is 0.397. The molecule has 0 aliphatic heterocycles. The van der Waals surface area contributed by atoms with Crippen molar-refractivity contribution in [2.75, 3.05) is 0 Å². The van der Waals surface area contributed by atoms with Crippen molar-refractivity contribution in [3.05, 3.63) is 32.9 Å². The van der Waals surface area contributed by atoms with Crippen molar-refractivity contribution in [2.24, 2.45) is 7.05 Å². The second kappa shape index (κ2) is 5.62. The third kappa shape index (κ3) is 2.41. The highest BCUT2D eigenvalue weighted by atomic mass is 127. The van der Waals surface area contributed by atoms with Gasteiger partial charge in [0.05, 0.1) is 18.0 Å². The molecule has 0 fully saturated rings. The van der Waals surface area contributed by atoms with E-state index >= 15 is 0 Å². The highest BCUT2D eigenvalue weighted by Crippen LogP contribution is 2.28. The number of rotatable bonds is 3. The van der Waals surface area contributed by atoms with E-state index in [9.17, 15) is 5.11 Å². The van der Waals surface area contributed by atoms with Crippen LogP contribution in [0.2, 0.25) is 0 Å². The van der Waals surface area contributed by atoms with Gasteiger partial charge in [-0.1, -0.05) is 13.8 Å². The van der Waals surface area contributed by atoms with E-state index in [0.717, 1.165) is 20.5 Å². The molecule has 0 aromatic carbocycles. The number of aryl methyl sites for hydroxylation is 1. The first-order chi connectivity index (χ1) is 10.4. The van der Waals surface area contributed by atoms with Gasteiger partial charge >= 0.3 is 0 Å². The number of hydrogen-bond donors (Lipinski definition) is 1. The van der Waals surface area contributed by atoms with Gasteiger partial charge in [0.2, 0.25) is 0 Å². The topological polar surface area (TPSA) is 68.8 Å². The Bertz CT molecular complexity index is 849. The lowest BCUT2D eigenvalue weighted by Crippen LogP contribution is -2.06. The fourth-order valence-corrected chi connectivity index (χ4v) is 4.00. The van der Waals surface area contributed by atoms with Gasteiger partial charge in [-0.15, -0.1) is 0 Å². The Labute approximate surface area is 142 Å². The van der Waals surface area contributed by atoms with Crippen molar-refractivity contribution in [3.63, 3.8) is 0 Å². The lowest BCUT2D eigenvalue weighted by atomic mass is 10.1. The summed E-state index contributed by atoms with van der Waals surface area (Å²) in [6, 6.07) is 1.99. The number of nitrogens with zero attached hydrogens (tertiary/aromatic N) is 5. The minimum Gasteiger partial charge on any atom is -0.390 e. The maximum atomic E-state index is 9.68. The van der Waals surface area contributed by atoms with Crippen LogP contribution in [0.25, 0.3) is 16.7 Å². The Morgan fingerprint density at radius 2 is 2.05 bits per heavy atom. The predicted octanol–water partition coefficient (Wildman–Crippen LogP) is 2.68. The normalized spacial score (nSPS) is 11.8. The summed E-state index contributed by atoms with van der Waals surface area (Å²) in [7, 11) is 1.86. The molecule has 0 atom stereocenters. The monoisotopic (exact) mass is 411 g/mol. The number of fused-ring (bicyclic) bond motifs is 1. The molecule has 0 unspecified atom stereocenters. The molecule has 3 aromatic rings. The van der Waals surface area contributed by atoms with Crippen LogP contribution in [0.5, 0.6) is 0 Å². The quantitative estimate of drug-likeness (QED) is 0.673. The number of aromatic nitrogens is 5. The SMILES string of the molecule is Cc1c(C(C)C)c(I)nn1-c1cc2cn(C)nc2nc1CO. The molecule has 0 bridgehead atoms. The van der Waals surface area contributed by atoms with Crippen LogP contribution in [-0.4, -0.2) is 29.7 Å². The summed E-state index contributed by atoms with van der Waals surface area (Å²) in [5.41, 5.74) is 4.35. The van der Waals surface area contributed by atoms with Crippen LogP contribution in [-0.2, 0) is 13.7 Å². The van der Waals surface area contributed by atoms with Gasteiger partial charge in [-0.2, -0.15) is 10.2 Å². The zero-order valence-electron chi connectivity index (χ0n) is 13.0. The molecule has 0 aliphatic rings. The summed E-state index contributed by atoms with van der Waals surface area (Å²) < 4.78 is 4.59. The van der Waals surface area contributed by atoms with Crippen molar-refractivity contribution in [2.45, 2.75) is 33.3 Å². The maximum Gasteiger partial charge on any atom is 0.181 e. The van der Waals surface area contributed by atoms with Gasteiger partial charge in [0, 0.05) is 29.9 Å². The van der Waals surface area contributed by atoms with Crippen molar-refractivity contribution in [1.29, 1.82) is 0 Å². The minimum absolute atomic E-state index is 0.144. The second-order valence-electron chi connectivity index (χ2n) is 5.68. The number of aliphatic hydroxyl groups excluding tert-OH is 1. The zero-order chi connectivity index (χ0) is 16.0. The average Bonchev–Trinajstić information content (AvgIpc) is 2.95. The van der Waals surface area contributed by atoms with Crippen molar-refractivity contribution >= 4 is 33.6 Å². The smallest absolute Gasteiger partial charge is 0.181 e. The van der Waals surface area contributed by atoms with E-state index < -0.39 is 0 Å². The van der Waals surface area contributed by atoms with Crippen molar-refractivity contribution < 1.29 is 5.11 Å². The van der Waals surface area contributed by atoms with Gasteiger partial charge in [0.15, 0.2) is 5.65 Å². The predicted molar refractivity (Wildman–Crippen MR) is 93.1 cm³/mol. The molecule has 22 heavy (non-hydrogen) atoms. The first kappa shape index (κ1) is 15.4. The molecule has 0 aliphatic carbocycles. The van der Waals surface area contributed by atoms with Crippen LogP contribution in [0.15, 0.2) is 12.3 Å². The molecule has 0 radical (unpaired) electrons. The van der Waals surface area contributed by atoms with Gasteiger partial charge in [0.25, 0.3) is 0 Å². The first-order valence-corrected chi connectivity index (χ1v) is 8.19. The van der Waals surface area contributed by atoms with E-state index in [1.54, 1.807) is 4.68 Å². The summed E-state index contributed by atoms with van der Waals surface area (Å²) in [6.45, 7) is 6.23. The molecule has 0 saturated carbocycles. The average molecular weight is 411 g/mol. The second-order valence-corrected chi connectivity index (χ2v) is 6.71. The third-order valence-corrected chi connectivity index (χ3v) is 4.54. The molecule has 3 heterocycles. The largest absolute Gasteiger partial charge is 0.390 e. The Balaban J connectivity index is 2.27. The van der Waals surface area contributed by atoms with Gasteiger partial charge in [-0.25, -0.2) is 9.67 Å². The van der Waals surface area contributed by atoms with Gasteiger partial charge in [-0.05, 0) is 41.5 Å². The molecule has 1 N–H and O–H groups in total. The number of aliphatic hydroxyl groups is 1. The molecular weight excluding hydrogens is 393 g/mol. The van der Waals surface area contributed by atoms with Crippen LogP contribution >= 0.6 is 22.6 Å². The highest BCUT2D eigenvalue weighted by Gasteiger charge is 2.19. The summed E-state index contributed by atoms with van der Waals surface area (Å²) >= 11 is 2.26. The highest BCUT2D eigenvalue weighted by molar-refractivity contribution is 14.1. The summed E-state index contributed by atoms with van der Waals surface area (Å²) in [6.07, 6.45) is 1.92. The number of pyridine rings is 1. The van der Waals surface area contributed by atoms with Crippen molar-refractivity contribution in [1.82, 2.24) is 24.5 Å². The molecule has 0 amide bonds. The van der Waals surface area contributed by atoms with Crippen LogP contribution in [0, 0.1) is 10.6 Å². The molecule has 6 nitrogen and oxygen atoms in total. The van der Waals surface area contributed by atoms with Crippen LogP contribution in [0.4, 0.5) is 0 Å². The van der Waals surface area contributed by atoms with E-state index in [2.05, 4.69) is 58.5 Å². The Morgan fingerprint density at radius 1 is 1.32 bits per heavy atom. The first-order valence-electron chi connectivity index (χ1n) is 7.12. The molecule has 116 valence electrons. The van der Waals surface area contributed by atoms with E-state index in [-0.39, 0.29) is 6.61 Å². The lowest BCUT2D eigenvalue weighted by Gasteiger charge is -2.10. The Morgan fingerprint density at radius 3 is 2.64 bits per heavy atom. The lowest BCUT2D eigenvalue weighted by molar-refractivity contribution is 0.276. The molecular formula is C15H18IN5O. The van der Waals surface area contributed by atoms with Gasteiger partial charge in [0.1, 0.15) is 3.70 Å². The van der Waals surface area contributed by atoms with Gasteiger partial charge < -0.3 is 5.11 Å². The van der Waals surface area contributed by atoms with Gasteiger partial charge in [-0.3, -0.25) is 4.68 Å². The maximum absolute atomic E-state index is 9.68. The fourth-order valence-electron chi connectivity index (χ4n) is 2.77. The molecule has 3 rings (SSSR count). The van der Waals surface area contributed by atoms with Crippen LogP contribution < -0.4 is 0 Å². The van der Waals surface area contributed by atoms with E-state index in [1.807, 2.05) is 24.0 Å².